The standard InChI is InChI=1S/C25H31N3O3/c1-6-12-28-18(3)13-22(19(28)4)14-23(15-26)25(30)31-20(5)24(29)27-16-17(2)21-10-8-7-9-11-21/h7-11,13-14,17,20H,6,12,16H2,1-5H3,(H,27,29)/b23-14+. The van der Waals surface area contributed by atoms with Crippen LogP contribution in [0.2, 0.25) is 0 Å². The molecule has 2 atom stereocenters. The summed E-state index contributed by atoms with van der Waals surface area (Å²) in [6.45, 7) is 10.9. The van der Waals surface area contributed by atoms with Gasteiger partial charge in [-0.05, 0) is 56.4 Å². The molecular formula is C25H31N3O3. The van der Waals surface area contributed by atoms with E-state index in [0.717, 1.165) is 35.5 Å². The molecule has 0 bridgehead atoms. The maximum atomic E-state index is 12.5. The Morgan fingerprint density at radius 1 is 1.23 bits per heavy atom. The first kappa shape index (κ1) is 23.9. The zero-order chi connectivity index (χ0) is 23.0. The van der Waals surface area contributed by atoms with Crippen molar-refractivity contribution in [2.75, 3.05) is 6.54 Å². The van der Waals surface area contributed by atoms with Gasteiger partial charge in [-0.25, -0.2) is 4.79 Å². The van der Waals surface area contributed by atoms with Crippen LogP contribution in [0.5, 0.6) is 0 Å². The van der Waals surface area contributed by atoms with Crippen molar-refractivity contribution in [3.8, 4) is 6.07 Å². The minimum atomic E-state index is -1.00. The monoisotopic (exact) mass is 421 g/mol. The molecule has 0 aliphatic carbocycles. The Morgan fingerprint density at radius 2 is 1.90 bits per heavy atom. The predicted molar refractivity (Wildman–Crippen MR) is 121 cm³/mol. The number of carbonyl (C=O) groups is 2. The molecule has 0 fully saturated rings. The number of aryl methyl sites for hydroxylation is 1. The van der Waals surface area contributed by atoms with Crippen LogP contribution >= 0.6 is 0 Å². The van der Waals surface area contributed by atoms with Gasteiger partial charge in [-0.3, -0.25) is 4.79 Å². The molecule has 1 N–H and O–H groups in total. The second kappa shape index (κ2) is 11.2. The Morgan fingerprint density at radius 3 is 2.52 bits per heavy atom. The maximum absolute atomic E-state index is 12.5. The lowest BCUT2D eigenvalue weighted by Gasteiger charge is -2.16. The summed E-state index contributed by atoms with van der Waals surface area (Å²) in [7, 11) is 0. The zero-order valence-electron chi connectivity index (χ0n) is 18.9. The number of esters is 1. The van der Waals surface area contributed by atoms with E-state index >= 15 is 0 Å². The van der Waals surface area contributed by atoms with Crippen LogP contribution in [0, 0.1) is 25.2 Å². The zero-order valence-corrected chi connectivity index (χ0v) is 18.9. The Balaban J connectivity index is 2.00. The molecule has 1 heterocycles. The van der Waals surface area contributed by atoms with Crippen molar-refractivity contribution in [1.82, 2.24) is 9.88 Å². The lowest BCUT2D eigenvalue weighted by atomic mass is 10.0. The highest BCUT2D eigenvalue weighted by atomic mass is 16.5. The normalized spacial score (nSPS) is 13.2. The van der Waals surface area contributed by atoms with E-state index in [1.807, 2.05) is 63.2 Å². The Labute approximate surface area is 184 Å². The minimum Gasteiger partial charge on any atom is -0.448 e. The van der Waals surface area contributed by atoms with E-state index < -0.39 is 18.0 Å². The molecule has 164 valence electrons. The average molecular weight is 422 g/mol. The van der Waals surface area contributed by atoms with Crippen LogP contribution in [0.1, 0.15) is 55.6 Å². The van der Waals surface area contributed by atoms with Crippen LogP contribution in [0.15, 0.2) is 42.0 Å². The SMILES string of the molecule is CCCn1c(C)cc(/C=C(\C#N)C(=O)OC(C)C(=O)NCC(C)c2ccccc2)c1C. The lowest BCUT2D eigenvalue weighted by Crippen LogP contribution is -2.37. The van der Waals surface area contributed by atoms with Crippen LogP contribution < -0.4 is 5.32 Å². The summed E-state index contributed by atoms with van der Waals surface area (Å²) in [5.74, 6) is -1.07. The highest BCUT2D eigenvalue weighted by Gasteiger charge is 2.21. The molecule has 6 heteroatoms. The molecule has 0 spiro atoms. The van der Waals surface area contributed by atoms with Gasteiger partial charge in [-0.15, -0.1) is 0 Å². The van der Waals surface area contributed by atoms with Crippen LogP contribution in [0.25, 0.3) is 6.08 Å². The smallest absolute Gasteiger partial charge is 0.349 e. The number of aromatic nitrogens is 1. The van der Waals surface area contributed by atoms with Gasteiger partial charge in [0, 0.05) is 24.5 Å². The number of ether oxygens (including phenoxy) is 1. The number of hydrogen-bond donors (Lipinski definition) is 1. The first-order valence-corrected chi connectivity index (χ1v) is 10.6. The largest absolute Gasteiger partial charge is 0.448 e. The fourth-order valence-corrected chi connectivity index (χ4v) is 3.41. The number of carbonyl (C=O) groups excluding carboxylic acids is 2. The number of nitrogens with zero attached hydrogens (tertiary/aromatic N) is 2. The van der Waals surface area contributed by atoms with E-state index in [0.29, 0.717) is 6.54 Å². The number of nitrogens with one attached hydrogen (secondary N) is 1. The van der Waals surface area contributed by atoms with E-state index in [2.05, 4.69) is 16.8 Å². The molecule has 0 aliphatic heterocycles. The van der Waals surface area contributed by atoms with E-state index in [1.165, 1.54) is 13.0 Å². The van der Waals surface area contributed by atoms with Gasteiger partial charge in [0.15, 0.2) is 6.10 Å². The van der Waals surface area contributed by atoms with E-state index in [4.69, 9.17) is 4.74 Å². The topological polar surface area (TPSA) is 84.1 Å². The van der Waals surface area contributed by atoms with Crippen LogP contribution in [0.4, 0.5) is 0 Å². The second-order valence-corrected chi connectivity index (χ2v) is 7.75. The lowest BCUT2D eigenvalue weighted by molar-refractivity contribution is -0.150. The number of amides is 1. The van der Waals surface area contributed by atoms with Crippen LogP contribution in [-0.2, 0) is 20.9 Å². The predicted octanol–water partition coefficient (Wildman–Crippen LogP) is 4.27. The van der Waals surface area contributed by atoms with Gasteiger partial charge in [0.1, 0.15) is 11.6 Å². The van der Waals surface area contributed by atoms with E-state index in [9.17, 15) is 14.9 Å². The highest BCUT2D eigenvalue weighted by Crippen LogP contribution is 2.19. The summed E-state index contributed by atoms with van der Waals surface area (Å²) >= 11 is 0. The fourth-order valence-electron chi connectivity index (χ4n) is 3.41. The number of nitriles is 1. The molecule has 2 rings (SSSR count). The quantitative estimate of drug-likeness (QED) is 0.372. The summed E-state index contributed by atoms with van der Waals surface area (Å²) in [5.41, 5.74) is 3.84. The van der Waals surface area contributed by atoms with Gasteiger partial charge in [0.2, 0.25) is 0 Å². The number of hydrogen-bond acceptors (Lipinski definition) is 4. The molecule has 0 radical (unpaired) electrons. The third-order valence-corrected chi connectivity index (χ3v) is 5.30. The molecule has 2 unspecified atom stereocenters. The maximum Gasteiger partial charge on any atom is 0.349 e. The van der Waals surface area contributed by atoms with Crippen LogP contribution in [-0.4, -0.2) is 29.1 Å². The molecule has 1 aromatic carbocycles. The number of rotatable bonds is 9. The molecule has 2 aromatic rings. The summed E-state index contributed by atoms with van der Waals surface area (Å²) in [4.78, 5) is 24.8. The van der Waals surface area contributed by atoms with Gasteiger partial charge in [0.05, 0.1) is 0 Å². The van der Waals surface area contributed by atoms with Gasteiger partial charge in [-0.1, -0.05) is 44.2 Å². The Kier molecular flexibility index (Phi) is 8.63. The van der Waals surface area contributed by atoms with Crippen molar-refractivity contribution < 1.29 is 14.3 Å². The molecule has 0 saturated heterocycles. The van der Waals surface area contributed by atoms with Crippen molar-refractivity contribution in [2.24, 2.45) is 0 Å². The Bertz CT molecular complexity index is 983. The summed E-state index contributed by atoms with van der Waals surface area (Å²) < 4.78 is 7.40. The number of benzene rings is 1. The van der Waals surface area contributed by atoms with Crippen LogP contribution in [0.3, 0.4) is 0 Å². The summed E-state index contributed by atoms with van der Waals surface area (Å²) in [5, 5.41) is 12.3. The molecular weight excluding hydrogens is 390 g/mol. The minimum absolute atomic E-state index is 0.126. The van der Waals surface area contributed by atoms with Crippen molar-refractivity contribution in [3.63, 3.8) is 0 Å². The van der Waals surface area contributed by atoms with Crippen molar-refractivity contribution in [1.29, 1.82) is 5.26 Å². The first-order chi connectivity index (χ1) is 14.8. The van der Waals surface area contributed by atoms with Gasteiger partial charge >= 0.3 is 5.97 Å². The molecule has 0 aliphatic rings. The molecule has 6 nitrogen and oxygen atoms in total. The van der Waals surface area contributed by atoms with Gasteiger partial charge < -0.3 is 14.6 Å². The molecule has 1 aromatic heterocycles. The third kappa shape index (κ3) is 6.32. The first-order valence-electron chi connectivity index (χ1n) is 10.6. The average Bonchev–Trinajstić information content (AvgIpc) is 3.03. The van der Waals surface area contributed by atoms with Crippen molar-refractivity contribution in [3.05, 3.63) is 64.5 Å². The molecule has 1 amide bonds. The van der Waals surface area contributed by atoms with Gasteiger partial charge in [0.25, 0.3) is 5.91 Å². The summed E-state index contributed by atoms with van der Waals surface area (Å²) in [6, 6.07) is 13.7. The molecule has 31 heavy (non-hydrogen) atoms. The third-order valence-electron chi connectivity index (χ3n) is 5.30. The highest BCUT2D eigenvalue weighted by molar-refractivity contribution is 5.99. The van der Waals surface area contributed by atoms with Crippen molar-refractivity contribution in [2.45, 2.75) is 59.6 Å². The Hall–Kier alpha value is -3.33. The fraction of sp³-hybridized carbons (Fsp3) is 0.400. The van der Waals surface area contributed by atoms with E-state index in [1.54, 1.807) is 0 Å². The van der Waals surface area contributed by atoms with Gasteiger partial charge in [-0.2, -0.15) is 5.26 Å². The summed E-state index contributed by atoms with van der Waals surface area (Å²) in [6.07, 6.45) is 1.51. The second-order valence-electron chi connectivity index (χ2n) is 7.75. The van der Waals surface area contributed by atoms with Crippen molar-refractivity contribution >= 4 is 18.0 Å². The molecule has 0 saturated carbocycles. The van der Waals surface area contributed by atoms with E-state index in [-0.39, 0.29) is 11.5 Å².